The molecule has 0 bridgehead atoms. The molecule has 0 N–H and O–H groups in total. The summed E-state index contributed by atoms with van der Waals surface area (Å²) in [7, 11) is 0. The predicted molar refractivity (Wildman–Crippen MR) is 83.0 cm³/mol. The van der Waals surface area contributed by atoms with Gasteiger partial charge in [0, 0.05) is 18.7 Å². The maximum absolute atomic E-state index is 12.0. The van der Waals surface area contributed by atoms with Gasteiger partial charge in [-0.05, 0) is 55.8 Å². The highest BCUT2D eigenvalue weighted by Gasteiger charge is 2.29. The van der Waals surface area contributed by atoms with E-state index in [4.69, 9.17) is 4.74 Å². The van der Waals surface area contributed by atoms with Crippen molar-refractivity contribution in [3.63, 3.8) is 0 Å². The zero-order valence-electron chi connectivity index (χ0n) is 12.7. The number of nitrogens with zero attached hydrogens (tertiary/aromatic N) is 2. The minimum absolute atomic E-state index is 0.277. The molecule has 1 radical (unpaired) electrons. The minimum Gasteiger partial charge on any atom is -0.355 e. The number of rotatable bonds is 6. The molecule has 115 valence electrons. The van der Waals surface area contributed by atoms with Gasteiger partial charge in [0.25, 0.3) is 5.91 Å². The molecular formula is C15H20BrN2O3. The largest absolute Gasteiger partial charge is 0.355 e. The minimum atomic E-state index is -1.12. The summed E-state index contributed by atoms with van der Waals surface area (Å²) < 4.78 is 6.21. The molecule has 21 heavy (non-hydrogen) atoms. The van der Waals surface area contributed by atoms with Crippen molar-refractivity contribution in [2.24, 2.45) is 0 Å². The van der Waals surface area contributed by atoms with Crippen LogP contribution in [0.3, 0.4) is 0 Å². The average Bonchev–Trinajstić information content (AvgIpc) is 2.34. The molecule has 1 unspecified atom stereocenters. The standard InChI is InChI=1S/C15H20BrN2O3/c1-10(19)13(21-15(2,3)4)14(20)17-9-8-11-6-5-7-12(16)18-11/h5-7,13H,8-9H2,1-4H3. The lowest BCUT2D eigenvalue weighted by molar-refractivity contribution is -0.153. The summed E-state index contributed by atoms with van der Waals surface area (Å²) in [4.78, 5) is 27.8. The Balaban J connectivity index is 2.52. The fourth-order valence-electron chi connectivity index (χ4n) is 1.61. The van der Waals surface area contributed by atoms with Gasteiger partial charge in [-0.2, -0.15) is 0 Å². The van der Waals surface area contributed by atoms with Crippen LogP contribution in [0.5, 0.6) is 0 Å². The molecule has 0 spiro atoms. The molecule has 0 saturated carbocycles. The van der Waals surface area contributed by atoms with Crippen LogP contribution in [0.4, 0.5) is 0 Å². The second-order valence-electron chi connectivity index (χ2n) is 5.64. The number of carbonyl (C=O) groups is 2. The van der Waals surface area contributed by atoms with Crippen molar-refractivity contribution in [1.82, 2.24) is 10.3 Å². The summed E-state index contributed by atoms with van der Waals surface area (Å²) in [5.41, 5.74) is 0.255. The highest BCUT2D eigenvalue weighted by atomic mass is 79.9. The maximum Gasteiger partial charge on any atom is 0.278 e. The number of ether oxygens (including phenoxy) is 1. The smallest absolute Gasteiger partial charge is 0.278 e. The molecule has 6 heteroatoms. The van der Waals surface area contributed by atoms with E-state index in [1.165, 1.54) is 6.92 Å². The Morgan fingerprint density at radius 3 is 2.57 bits per heavy atom. The fraction of sp³-hybridized carbons (Fsp3) is 0.533. The second kappa shape index (κ2) is 7.66. The van der Waals surface area contributed by atoms with E-state index < -0.39 is 17.6 Å². The Bertz CT molecular complexity index is 512. The Hall–Kier alpha value is -1.27. The number of hydrogen-bond acceptors (Lipinski definition) is 4. The van der Waals surface area contributed by atoms with Gasteiger partial charge in [-0.15, -0.1) is 0 Å². The summed E-state index contributed by atoms with van der Waals surface area (Å²) in [6.45, 7) is 6.99. The van der Waals surface area contributed by atoms with Crippen LogP contribution in [0.1, 0.15) is 33.4 Å². The van der Waals surface area contributed by atoms with Crippen LogP contribution in [-0.4, -0.2) is 34.9 Å². The molecule has 0 aromatic carbocycles. The Labute approximate surface area is 133 Å². The van der Waals surface area contributed by atoms with Crippen molar-refractivity contribution < 1.29 is 14.3 Å². The van der Waals surface area contributed by atoms with Crippen LogP contribution in [0.15, 0.2) is 22.8 Å². The van der Waals surface area contributed by atoms with E-state index in [1.54, 1.807) is 20.8 Å². The van der Waals surface area contributed by atoms with Gasteiger partial charge in [0.1, 0.15) is 4.60 Å². The molecule has 1 rings (SSSR count). The number of Topliss-reactive ketones (excluding diaryl/α,β-unsaturated/α-hetero) is 1. The van der Waals surface area contributed by atoms with Crippen LogP contribution in [0.25, 0.3) is 0 Å². The van der Waals surface area contributed by atoms with Gasteiger partial charge in [0.2, 0.25) is 0 Å². The van der Waals surface area contributed by atoms with Crippen LogP contribution in [0.2, 0.25) is 0 Å². The molecule has 1 amide bonds. The third-order valence-corrected chi connectivity index (χ3v) is 2.91. The van der Waals surface area contributed by atoms with Crippen LogP contribution < -0.4 is 5.32 Å². The molecule has 0 fully saturated rings. The third kappa shape index (κ3) is 6.82. The van der Waals surface area contributed by atoms with Crippen LogP contribution in [-0.2, 0) is 20.7 Å². The van der Waals surface area contributed by atoms with E-state index in [0.717, 1.165) is 10.3 Å². The van der Waals surface area contributed by atoms with Gasteiger partial charge in [-0.25, -0.2) is 10.3 Å². The summed E-state index contributed by atoms with van der Waals surface area (Å²) in [6, 6.07) is 5.56. The van der Waals surface area contributed by atoms with Gasteiger partial charge in [0.05, 0.1) is 5.60 Å². The first-order chi connectivity index (χ1) is 9.69. The quantitative estimate of drug-likeness (QED) is 0.579. The van der Waals surface area contributed by atoms with Crippen molar-refractivity contribution in [2.45, 2.75) is 45.8 Å². The van der Waals surface area contributed by atoms with Gasteiger partial charge in [0.15, 0.2) is 11.9 Å². The summed E-state index contributed by atoms with van der Waals surface area (Å²) in [5, 5.41) is 3.91. The number of carbonyl (C=O) groups excluding carboxylic acids is 2. The van der Waals surface area contributed by atoms with E-state index >= 15 is 0 Å². The van der Waals surface area contributed by atoms with Crippen molar-refractivity contribution in [2.75, 3.05) is 6.54 Å². The number of ketones is 1. The van der Waals surface area contributed by atoms with Gasteiger partial charge >= 0.3 is 0 Å². The number of hydrogen-bond donors (Lipinski definition) is 0. The molecule has 0 aliphatic rings. The SMILES string of the molecule is CC(=O)C(OC(C)(C)C)C(=O)[N]CCc1cccc(Br)n1. The van der Waals surface area contributed by atoms with Crippen LogP contribution in [0, 0.1) is 0 Å². The lowest BCUT2D eigenvalue weighted by Crippen LogP contribution is -2.42. The summed E-state index contributed by atoms with van der Waals surface area (Å²) >= 11 is 3.28. The molecule has 0 saturated heterocycles. The number of halogens is 1. The lowest BCUT2D eigenvalue weighted by atomic mass is 10.1. The molecular weight excluding hydrogens is 336 g/mol. The highest BCUT2D eigenvalue weighted by molar-refractivity contribution is 9.10. The molecule has 1 heterocycles. The van der Waals surface area contributed by atoms with Crippen molar-refractivity contribution >= 4 is 27.6 Å². The molecule has 1 atom stereocenters. The molecule has 0 aliphatic heterocycles. The number of pyridine rings is 1. The van der Waals surface area contributed by atoms with E-state index in [0.29, 0.717) is 6.42 Å². The first kappa shape index (κ1) is 17.8. The van der Waals surface area contributed by atoms with E-state index in [9.17, 15) is 9.59 Å². The fourth-order valence-corrected chi connectivity index (χ4v) is 1.99. The zero-order valence-corrected chi connectivity index (χ0v) is 14.3. The first-order valence-corrected chi connectivity index (χ1v) is 7.49. The second-order valence-corrected chi connectivity index (χ2v) is 6.45. The topological polar surface area (TPSA) is 70.4 Å². The summed E-state index contributed by atoms with van der Waals surface area (Å²) in [6.07, 6.45) is -0.592. The third-order valence-electron chi connectivity index (χ3n) is 2.47. The van der Waals surface area contributed by atoms with Gasteiger partial charge in [-0.3, -0.25) is 9.59 Å². The maximum atomic E-state index is 12.0. The van der Waals surface area contributed by atoms with Crippen molar-refractivity contribution in [3.8, 4) is 0 Å². The van der Waals surface area contributed by atoms with Gasteiger partial charge in [-0.1, -0.05) is 6.07 Å². The van der Waals surface area contributed by atoms with Crippen LogP contribution >= 0.6 is 15.9 Å². The number of amides is 1. The van der Waals surface area contributed by atoms with Crippen molar-refractivity contribution in [3.05, 3.63) is 28.5 Å². The van der Waals surface area contributed by atoms with E-state index in [1.807, 2.05) is 18.2 Å². The first-order valence-electron chi connectivity index (χ1n) is 6.70. The molecule has 5 nitrogen and oxygen atoms in total. The lowest BCUT2D eigenvalue weighted by Gasteiger charge is -2.24. The Kier molecular flexibility index (Phi) is 6.48. The monoisotopic (exact) mass is 355 g/mol. The average molecular weight is 356 g/mol. The van der Waals surface area contributed by atoms with E-state index in [-0.39, 0.29) is 12.3 Å². The van der Waals surface area contributed by atoms with E-state index in [2.05, 4.69) is 26.2 Å². The zero-order chi connectivity index (χ0) is 16.0. The molecule has 1 aromatic heterocycles. The normalized spacial score (nSPS) is 12.8. The molecule has 1 aromatic rings. The Morgan fingerprint density at radius 1 is 1.38 bits per heavy atom. The van der Waals surface area contributed by atoms with Crippen molar-refractivity contribution in [1.29, 1.82) is 0 Å². The Morgan fingerprint density at radius 2 is 2.05 bits per heavy atom. The molecule has 0 aliphatic carbocycles. The highest BCUT2D eigenvalue weighted by Crippen LogP contribution is 2.12. The summed E-state index contributed by atoms with van der Waals surface area (Å²) in [5.74, 6) is -0.869. The van der Waals surface area contributed by atoms with Gasteiger partial charge < -0.3 is 4.74 Å². The number of aromatic nitrogens is 1. The predicted octanol–water partition coefficient (Wildman–Crippen LogP) is 2.29.